The standard InChI is InChI=1S/C14H16.3C2H6/c1-5-9-13-11(7-3)14(10-6-2)12(13)8-4;3*1-2/h5-10H,1,3H2,2,4H3;3*1-2H3/b10-6-,12-8+,13-9-;;;. The van der Waals surface area contributed by atoms with Gasteiger partial charge in [0.05, 0.1) is 0 Å². The van der Waals surface area contributed by atoms with Gasteiger partial charge in [0, 0.05) is 0 Å². The van der Waals surface area contributed by atoms with Crippen LogP contribution >= 0.6 is 0 Å². The molecule has 0 aromatic heterocycles. The average molecular weight is 274 g/mol. The molecule has 0 aliphatic heterocycles. The van der Waals surface area contributed by atoms with Gasteiger partial charge in [-0.3, -0.25) is 0 Å². The molecule has 0 spiro atoms. The van der Waals surface area contributed by atoms with Crippen LogP contribution in [0.1, 0.15) is 55.4 Å². The molecule has 0 atom stereocenters. The summed E-state index contributed by atoms with van der Waals surface area (Å²) in [7, 11) is 0. The van der Waals surface area contributed by atoms with Gasteiger partial charge in [0.15, 0.2) is 0 Å². The van der Waals surface area contributed by atoms with Gasteiger partial charge in [-0.15, -0.1) is 0 Å². The summed E-state index contributed by atoms with van der Waals surface area (Å²) in [6, 6.07) is 0. The summed E-state index contributed by atoms with van der Waals surface area (Å²) < 4.78 is 0. The van der Waals surface area contributed by atoms with Crippen LogP contribution in [0.25, 0.3) is 0 Å². The molecule has 0 heterocycles. The molecular weight excluding hydrogens is 240 g/mol. The van der Waals surface area contributed by atoms with Crippen LogP contribution in [0.3, 0.4) is 0 Å². The monoisotopic (exact) mass is 274 g/mol. The van der Waals surface area contributed by atoms with E-state index in [1.807, 2.05) is 72.8 Å². The van der Waals surface area contributed by atoms with Crippen LogP contribution in [0.15, 0.2) is 71.9 Å². The third-order valence-corrected chi connectivity index (χ3v) is 2.27. The number of allylic oxidation sites excluding steroid dienone is 10. The second kappa shape index (κ2) is 17.4. The zero-order chi connectivity index (χ0) is 16.6. The van der Waals surface area contributed by atoms with Crippen molar-refractivity contribution in [2.24, 2.45) is 0 Å². The molecule has 0 aromatic carbocycles. The minimum Gasteiger partial charge on any atom is -0.0990 e. The van der Waals surface area contributed by atoms with Crippen LogP contribution in [0, 0.1) is 0 Å². The van der Waals surface area contributed by atoms with E-state index in [9.17, 15) is 0 Å². The summed E-state index contributed by atoms with van der Waals surface area (Å²) in [5.41, 5.74) is 5.03. The molecule has 0 fully saturated rings. The Morgan fingerprint density at radius 2 is 1.25 bits per heavy atom. The van der Waals surface area contributed by atoms with Crippen molar-refractivity contribution in [1.29, 1.82) is 0 Å². The second-order valence-electron chi connectivity index (χ2n) is 3.05. The van der Waals surface area contributed by atoms with Gasteiger partial charge in [0.1, 0.15) is 0 Å². The van der Waals surface area contributed by atoms with Crippen molar-refractivity contribution in [3.8, 4) is 0 Å². The van der Waals surface area contributed by atoms with Gasteiger partial charge in [-0.2, -0.15) is 0 Å². The molecule has 0 unspecified atom stereocenters. The minimum atomic E-state index is 1.22. The van der Waals surface area contributed by atoms with E-state index in [-0.39, 0.29) is 0 Å². The van der Waals surface area contributed by atoms with Crippen molar-refractivity contribution >= 4 is 0 Å². The normalized spacial score (nSPS) is 16.2. The predicted molar refractivity (Wildman–Crippen MR) is 98.1 cm³/mol. The molecule has 0 amide bonds. The lowest BCUT2D eigenvalue weighted by Gasteiger charge is -2.27. The zero-order valence-corrected chi connectivity index (χ0v) is 14.9. The molecule has 1 aliphatic carbocycles. The Morgan fingerprint density at radius 3 is 1.55 bits per heavy atom. The molecule has 1 rings (SSSR count). The minimum absolute atomic E-state index is 1.22. The summed E-state index contributed by atoms with van der Waals surface area (Å²) in [4.78, 5) is 0. The van der Waals surface area contributed by atoms with Crippen molar-refractivity contribution in [2.45, 2.75) is 55.4 Å². The van der Waals surface area contributed by atoms with Gasteiger partial charge in [-0.05, 0) is 36.1 Å². The molecule has 0 radical (unpaired) electrons. The van der Waals surface area contributed by atoms with Crippen LogP contribution in [-0.4, -0.2) is 0 Å². The maximum atomic E-state index is 3.82. The Kier molecular flexibility index (Phi) is 20.5. The number of rotatable bonds is 3. The van der Waals surface area contributed by atoms with E-state index < -0.39 is 0 Å². The summed E-state index contributed by atoms with van der Waals surface area (Å²) >= 11 is 0. The zero-order valence-electron chi connectivity index (χ0n) is 14.9. The molecule has 0 saturated heterocycles. The third kappa shape index (κ3) is 6.56. The van der Waals surface area contributed by atoms with Crippen molar-refractivity contribution < 1.29 is 0 Å². The van der Waals surface area contributed by atoms with Gasteiger partial charge in [0.2, 0.25) is 0 Å². The summed E-state index contributed by atoms with van der Waals surface area (Å²) in [5, 5.41) is 0. The largest absolute Gasteiger partial charge is 0.0990 e. The quantitative estimate of drug-likeness (QED) is 0.510. The van der Waals surface area contributed by atoms with Crippen molar-refractivity contribution in [3.05, 3.63) is 71.9 Å². The Bertz CT molecular complexity index is 371. The third-order valence-electron chi connectivity index (χ3n) is 2.27. The van der Waals surface area contributed by atoms with Gasteiger partial charge in [-0.25, -0.2) is 0 Å². The molecule has 20 heavy (non-hydrogen) atoms. The van der Waals surface area contributed by atoms with Gasteiger partial charge in [0.25, 0.3) is 0 Å². The fourth-order valence-electron chi connectivity index (χ4n) is 1.69. The molecular formula is C20H34. The molecule has 0 bridgehead atoms. The SMILES string of the molecule is C=C/C=C1C(C=C)=C(/C=C\C)C/1=C/C.CC.CC.CC. The van der Waals surface area contributed by atoms with Crippen LogP contribution < -0.4 is 0 Å². The van der Waals surface area contributed by atoms with Crippen LogP contribution in [0.5, 0.6) is 0 Å². The topological polar surface area (TPSA) is 0 Å². The summed E-state index contributed by atoms with van der Waals surface area (Å²) in [5.74, 6) is 0. The number of hydrogen-bond donors (Lipinski definition) is 0. The lowest BCUT2D eigenvalue weighted by Crippen LogP contribution is -2.09. The van der Waals surface area contributed by atoms with E-state index in [0.29, 0.717) is 0 Å². The van der Waals surface area contributed by atoms with E-state index in [4.69, 9.17) is 0 Å². The van der Waals surface area contributed by atoms with Crippen LogP contribution in [0.2, 0.25) is 0 Å². The smallest absolute Gasteiger partial charge is 0.0103 e. The first-order chi connectivity index (χ1) is 9.79. The fourth-order valence-corrected chi connectivity index (χ4v) is 1.69. The highest BCUT2D eigenvalue weighted by atomic mass is 14.3. The maximum Gasteiger partial charge on any atom is -0.0103 e. The lowest BCUT2D eigenvalue weighted by molar-refractivity contribution is 1.25. The summed E-state index contributed by atoms with van der Waals surface area (Å²) in [6.45, 7) is 23.6. The highest BCUT2D eigenvalue weighted by Crippen LogP contribution is 2.41. The Morgan fingerprint density at radius 1 is 0.750 bits per heavy atom. The lowest BCUT2D eigenvalue weighted by atomic mass is 9.77. The average Bonchev–Trinajstić information content (AvgIpc) is 2.53. The van der Waals surface area contributed by atoms with Crippen molar-refractivity contribution in [3.63, 3.8) is 0 Å². The molecule has 114 valence electrons. The molecule has 0 saturated carbocycles. The first-order valence-electron chi connectivity index (χ1n) is 7.79. The molecule has 0 heteroatoms. The Labute approximate surface area is 128 Å². The maximum absolute atomic E-state index is 3.82. The van der Waals surface area contributed by atoms with E-state index >= 15 is 0 Å². The fraction of sp³-hybridized carbons (Fsp3) is 0.400. The second-order valence-corrected chi connectivity index (χ2v) is 3.05. The van der Waals surface area contributed by atoms with E-state index in [2.05, 4.69) is 32.2 Å². The van der Waals surface area contributed by atoms with E-state index in [1.54, 1.807) is 0 Å². The number of hydrogen-bond acceptors (Lipinski definition) is 0. The van der Waals surface area contributed by atoms with Crippen LogP contribution in [0.4, 0.5) is 0 Å². The van der Waals surface area contributed by atoms with Gasteiger partial charge >= 0.3 is 0 Å². The highest BCUT2D eigenvalue weighted by molar-refractivity contribution is 5.76. The molecule has 1 aliphatic rings. The molecule has 0 aromatic rings. The van der Waals surface area contributed by atoms with Crippen molar-refractivity contribution in [1.82, 2.24) is 0 Å². The molecule has 0 N–H and O–H groups in total. The van der Waals surface area contributed by atoms with E-state index in [1.165, 1.54) is 22.3 Å². The first-order valence-corrected chi connectivity index (χ1v) is 7.79. The Balaban J connectivity index is -0.000000425. The van der Waals surface area contributed by atoms with Crippen LogP contribution in [-0.2, 0) is 0 Å². The highest BCUT2D eigenvalue weighted by Gasteiger charge is 2.23. The van der Waals surface area contributed by atoms with Gasteiger partial charge < -0.3 is 0 Å². The van der Waals surface area contributed by atoms with E-state index in [0.717, 1.165) is 0 Å². The Hall–Kier alpha value is -1.56. The van der Waals surface area contributed by atoms with Crippen molar-refractivity contribution in [2.75, 3.05) is 0 Å². The predicted octanol–water partition coefficient (Wildman–Crippen LogP) is 7.20. The first kappa shape index (κ1) is 23.5. The summed E-state index contributed by atoms with van der Waals surface area (Å²) in [6.07, 6.45) is 12.0. The molecule has 0 nitrogen and oxygen atoms in total. The van der Waals surface area contributed by atoms with Gasteiger partial charge in [-0.1, -0.05) is 91.2 Å².